The maximum atomic E-state index is 5.86. The maximum Gasteiger partial charge on any atom is 0.226 e. The Kier molecular flexibility index (Phi) is 4.85. The molecule has 7 heteroatoms. The van der Waals surface area contributed by atoms with Crippen LogP contribution in [0, 0.1) is 20.8 Å². The lowest BCUT2D eigenvalue weighted by atomic mass is 10.1. The van der Waals surface area contributed by atoms with E-state index in [1.807, 2.05) is 46.0 Å². The molecule has 0 radical (unpaired) electrons. The Hall–Kier alpha value is -2.67. The molecule has 0 bridgehead atoms. The summed E-state index contributed by atoms with van der Waals surface area (Å²) in [6.07, 6.45) is 0. The topological polar surface area (TPSA) is 77.4 Å². The summed E-state index contributed by atoms with van der Waals surface area (Å²) in [5.41, 5.74) is 4.52. The molecule has 3 rings (SSSR count). The van der Waals surface area contributed by atoms with E-state index >= 15 is 0 Å². The van der Waals surface area contributed by atoms with Gasteiger partial charge in [-0.1, -0.05) is 10.3 Å². The number of nitrogens with zero attached hydrogens (tertiary/aromatic N) is 4. The molecule has 3 aromatic rings. The number of hydrogen-bond donors (Lipinski definition) is 0. The van der Waals surface area contributed by atoms with Crippen LogP contribution in [0.5, 0.6) is 5.75 Å². The molecule has 0 aliphatic carbocycles. The molecule has 0 aliphatic rings. The van der Waals surface area contributed by atoms with Crippen LogP contribution < -0.4 is 4.74 Å². The molecule has 7 nitrogen and oxygen atoms in total. The van der Waals surface area contributed by atoms with Crippen LogP contribution in [-0.4, -0.2) is 34.4 Å². The van der Waals surface area contributed by atoms with Crippen molar-refractivity contribution in [2.24, 2.45) is 0 Å². The highest BCUT2D eigenvalue weighted by molar-refractivity contribution is 5.57. The summed E-state index contributed by atoms with van der Waals surface area (Å²) in [4.78, 5) is 6.76. The molecule has 2 aromatic heterocycles. The molecule has 1 aromatic carbocycles. The van der Waals surface area contributed by atoms with Crippen LogP contribution in [0.25, 0.3) is 11.5 Å². The minimum atomic E-state index is 0.617. The second-order valence-corrected chi connectivity index (χ2v) is 6.17. The zero-order chi connectivity index (χ0) is 18.0. The summed E-state index contributed by atoms with van der Waals surface area (Å²) in [6.45, 7) is 7.10. The lowest BCUT2D eigenvalue weighted by molar-refractivity contribution is 0.277. The van der Waals surface area contributed by atoms with E-state index in [-0.39, 0.29) is 0 Å². The van der Waals surface area contributed by atoms with E-state index in [0.29, 0.717) is 19.0 Å². The summed E-state index contributed by atoms with van der Waals surface area (Å²) < 4.78 is 15.9. The zero-order valence-electron chi connectivity index (χ0n) is 15.2. The molecule has 0 N–H and O–H groups in total. The molecule has 0 saturated carbocycles. The van der Waals surface area contributed by atoms with Gasteiger partial charge < -0.3 is 9.15 Å². The first kappa shape index (κ1) is 17.2. The highest BCUT2D eigenvalue weighted by atomic mass is 16.6. The van der Waals surface area contributed by atoms with Gasteiger partial charge in [0.2, 0.25) is 5.89 Å². The Morgan fingerprint density at radius 2 is 1.84 bits per heavy atom. The van der Waals surface area contributed by atoms with E-state index in [1.165, 1.54) is 0 Å². The van der Waals surface area contributed by atoms with Crippen molar-refractivity contribution in [3.8, 4) is 17.2 Å². The maximum absolute atomic E-state index is 5.86. The predicted octanol–water partition coefficient (Wildman–Crippen LogP) is 3.29. The van der Waals surface area contributed by atoms with Gasteiger partial charge in [0.1, 0.15) is 22.9 Å². The van der Waals surface area contributed by atoms with Crippen LogP contribution >= 0.6 is 0 Å². The summed E-state index contributed by atoms with van der Waals surface area (Å²) in [5.74, 6) is 2.28. The number of benzene rings is 1. The molecule has 0 unspecified atom stereocenters. The lowest BCUT2D eigenvalue weighted by Gasteiger charge is -2.13. The van der Waals surface area contributed by atoms with Crippen LogP contribution in [0.2, 0.25) is 0 Å². The molecule has 0 spiro atoms. The van der Waals surface area contributed by atoms with E-state index in [4.69, 9.17) is 13.8 Å². The Morgan fingerprint density at radius 3 is 2.48 bits per heavy atom. The van der Waals surface area contributed by atoms with Gasteiger partial charge >= 0.3 is 0 Å². The lowest BCUT2D eigenvalue weighted by Crippen LogP contribution is -2.18. The van der Waals surface area contributed by atoms with Crippen molar-refractivity contribution in [1.82, 2.24) is 20.2 Å². The van der Waals surface area contributed by atoms with Crippen molar-refractivity contribution in [2.75, 3.05) is 14.2 Å². The van der Waals surface area contributed by atoms with Crippen molar-refractivity contribution in [2.45, 2.75) is 33.9 Å². The number of ether oxygens (including phenoxy) is 1. The van der Waals surface area contributed by atoms with Crippen molar-refractivity contribution in [3.63, 3.8) is 0 Å². The molecule has 0 atom stereocenters. The van der Waals surface area contributed by atoms with Crippen LogP contribution in [0.3, 0.4) is 0 Å². The number of methoxy groups -OCH3 is 1. The second-order valence-electron chi connectivity index (χ2n) is 6.17. The average molecular weight is 342 g/mol. The first-order valence-corrected chi connectivity index (χ1v) is 8.06. The summed E-state index contributed by atoms with van der Waals surface area (Å²) in [5, 5.41) is 7.72. The Bertz CT molecular complexity index is 869. The normalized spacial score (nSPS) is 11.3. The van der Waals surface area contributed by atoms with Gasteiger partial charge in [0.15, 0.2) is 0 Å². The number of rotatable bonds is 6. The van der Waals surface area contributed by atoms with Crippen molar-refractivity contribution < 1.29 is 13.8 Å². The minimum Gasteiger partial charge on any atom is -0.496 e. The minimum absolute atomic E-state index is 0.617. The van der Waals surface area contributed by atoms with Gasteiger partial charge in [-0.2, -0.15) is 0 Å². The predicted molar refractivity (Wildman–Crippen MR) is 92.2 cm³/mol. The first-order valence-electron chi connectivity index (χ1n) is 8.06. The van der Waals surface area contributed by atoms with Crippen LogP contribution in [0.15, 0.2) is 27.2 Å². The monoisotopic (exact) mass is 342 g/mol. The fourth-order valence-electron chi connectivity index (χ4n) is 2.67. The van der Waals surface area contributed by atoms with Gasteiger partial charge in [-0.15, -0.1) is 0 Å². The molecular weight excluding hydrogens is 320 g/mol. The molecule has 0 amide bonds. The SMILES string of the molecule is COc1ccc(-c2nc(CN(C)Cc3nonc3C)c(C)o2)cc1C. The smallest absolute Gasteiger partial charge is 0.226 e. The third-order valence-electron chi connectivity index (χ3n) is 4.12. The summed E-state index contributed by atoms with van der Waals surface area (Å²) >= 11 is 0. The standard InChI is InChI=1S/C18H22N4O3/c1-11-8-14(6-7-17(11)23-5)18-19-16(13(3)24-18)10-22(4)9-15-12(2)20-25-21-15/h6-8H,9-10H2,1-5H3. The first-order chi connectivity index (χ1) is 12.0. The van der Waals surface area contributed by atoms with E-state index in [2.05, 4.69) is 20.2 Å². The molecule has 132 valence electrons. The van der Waals surface area contributed by atoms with E-state index in [9.17, 15) is 0 Å². The van der Waals surface area contributed by atoms with Crippen LogP contribution in [-0.2, 0) is 13.1 Å². The summed E-state index contributed by atoms with van der Waals surface area (Å²) in [7, 11) is 3.66. The molecule has 0 fully saturated rings. The van der Waals surface area contributed by atoms with Crippen LogP contribution in [0.1, 0.15) is 28.4 Å². The number of aromatic nitrogens is 3. The van der Waals surface area contributed by atoms with Gasteiger partial charge in [0.25, 0.3) is 0 Å². The van der Waals surface area contributed by atoms with Crippen molar-refractivity contribution in [1.29, 1.82) is 0 Å². The fraction of sp³-hybridized carbons (Fsp3) is 0.389. The average Bonchev–Trinajstić information content (AvgIpc) is 3.14. The number of hydrogen-bond acceptors (Lipinski definition) is 7. The third kappa shape index (κ3) is 3.71. The van der Waals surface area contributed by atoms with Gasteiger partial charge in [0, 0.05) is 18.7 Å². The molecule has 25 heavy (non-hydrogen) atoms. The molecule has 2 heterocycles. The Labute approximate surface area is 146 Å². The van der Waals surface area contributed by atoms with E-state index < -0.39 is 0 Å². The molecule has 0 saturated heterocycles. The molecule has 0 aliphatic heterocycles. The largest absolute Gasteiger partial charge is 0.496 e. The van der Waals surface area contributed by atoms with Gasteiger partial charge in [-0.3, -0.25) is 4.90 Å². The quantitative estimate of drug-likeness (QED) is 0.680. The fourth-order valence-corrected chi connectivity index (χ4v) is 2.67. The molecular formula is C18H22N4O3. The zero-order valence-corrected chi connectivity index (χ0v) is 15.2. The highest BCUT2D eigenvalue weighted by Gasteiger charge is 2.16. The third-order valence-corrected chi connectivity index (χ3v) is 4.12. The number of oxazole rings is 1. The Balaban J connectivity index is 1.76. The van der Waals surface area contributed by atoms with Gasteiger partial charge in [-0.05, 0) is 51.6 Å². The van der Waals surface area contributed by atoms with Crippen molar-refractivity contribution in [3.05, 3.63) is 46.6 Å². The van der Waals surface area contributed by atoms with Crippen LogP contribution in [0.4, 0.5) is 0 Å². The van der Waals surface area contributed by atoms with E-state index in [0.717, 1.165) is 39.7 Å². The van der Waals surface area contributed by atoms with E-state index in [1.54, 1.807) is 7.11 Å². The summed E-state index contributed by atoms with van der Waals surface area (Å²) in [6, 6.07) is 5.90. The highest BCUT2D eigenvalue weighted by Crippen LogP contribution is 2.27. The Morgan fingerprint density at radius 1 is 1.08 bits per heavy atom. The van der Waals surface area contributed by atoms with Gasteiger partial charge in [-0.25, -0.2) is 9.61 Å². The number of aryl methyl sites for hydroxylation is 3. The van der Waals surface area contributed by atoms with Gasteiger partial charge in [0.05, 0.1) is 12.8 Å². The second kappa shape index (κ2) is 7.06. The van der Waals surface area contributed by atoms with Crippen molar-refractivity contribution >= 4 is 0 Å².